The molecule has 0 aromatic carbocycles. The summed E-state index contributed by atoms with van der Waals surface area (Å²) in [6.07, 6.45) is 1.97. The van der Waals surface area contributed by atoms with Crippen molar-refractivity contribution in [3.63, 3.8) is 0 Å². The summed E-state index contributed by atoms with van der Waals surface area (Å²) in [7, 11) is 1.44. The number of nitrogens with one attached hydrogen (secondary N) is 3. The highest BCUT2D eigenvalue weighted by molar-refractivity contribution is 5.85. The Kier molecular flexibility index (Phi) is 3.32. The van der Waals surface area contributed by atoms with Crippen molar-refractivity contribution in [2.45, 2.75) is 31.8 Å². The fourth-order valence-corrected chi connectivity index (χ4v) is 1.61. The molecule has 2 rings (SSSR count). The molecule has 1 fully saturated rings. The van der Waals surface area contributed by atoms with Crippen LogP contribution in [0.5, 0.6) is 0 Å². The molecule has 104 valence electrons. The van der Waals surface area contributed by atoms with Crippen LogP contribution >= 0.6 is 0 Å². The second-order valence-corrected chi connectivity index (χ2v) is 4.73. The second kappa shape index (κ2) is 4.79. The molecular formula is C11H17N5O3. The molecule has 5 N–H and O–H groups in total. The molecule has 0 spiro atoms. The highest BCUT2D eigenvalue weighted by Gasteiger charge is 2.26. The number of rotatable bonds is 4. The number of nitrogens with two attached hydrogens (primary N) is 1. The van der Waals surface area contributed by atoms with Crippen molar-refractivity contribution in [1.29, 1.82) is 0 Å². The number of nitrogens with zero attached hydrogens (tertiary/aromatic N) is 1. The summed E-state index contributed by atoms with van der Waals surface area (Å²) < 4.78 is 1.11. The van der Waals surface area contributed by atoms with Crippen molar-refractivity contribution >= 4 is 17.4 Å². The Balaban J connectivity index is 2.18. The predicted molar refractivity (Wildman–Crippen MR) is 71.0 cm³/mol. The van der Waals surface area contributed by atoms with E-state index in [0.29, 0.717) is 0 Å². The molecule has 1 saturated carbocycles. The van der Waals surface area contributed by atoms with E-state index < -0.39 is 17.3 Å². The molecule has 0 radical (unpaired) electrons. The zero-order chi connectivity index (χ0) is 14.2. The summed E-state index contributed by atoms with van der Waals surface area (Å²) in [4.78, 5) is 36.9. The molecule has 8 heteroatoms. The molecular weight excluding hydrogens is 250 g/mol. The molecule has 0 bridgehead atoms. The zero-order valence-corrected chi connectivity index (χ0v) is 10.8. The lowest BCUT2D eigenvalue weighted by Gasteiger charge is -2.16. The van der Waals surface area contributed by atoms with Crippen molar-refractivity contribution in [1.82, 2.24) is 14.9 Å². The van der Waals surface area contributed by atoms with Crippen LogP contribution in [0.2, 0.25) is 0 Å². The number of aromatic nitrogens is 2. The van der Waals surface area contributed by atoms with Gasteiger partial charge >= 0.3 is 5.69 Å². The van der Waals surface area contributed by atoms with Gasteiger partial charge in [0.1, 0.15) is 17.5 Å². The highest BCUT2D eigenvalue weighted by Crippen LogP contribution is 2.19. The van der Waals surface area contributed by atoms with Crippen LogP contribution in [0.3, 0.4) is 0 Å². The number of nitrogen functional groups attached to an aromatic ring is 1. The molecule has 1 aliphatic carbocycles. The number of hydrogen-bond acceptors (Lipinski definition) is 5. The predicted octanol–water partition coefficient (Wildman–Crippen LogP) is -1.27. The number of anilines is 2. The average molecular weight is 267 g/mol. The van der Waals surface area contributed by atoms with Gasteiger partial charge in [-0.25, -0.2) is 4.79 Å². The van der Waals surface area contributed by atoms with Gasteiger partial charge in [-0.15, -0.1) is 0 Å². The molecule has 1 aromatic rings. The average Bonchev–Trinajstić information content (AvgIpc) is 3.15. The van der Waals surface area contributed by atoms with E-state index in [0.717, 1.165) is 17.4 Å². The third-order valence-corrected chi connectivity index (χ3v) is 3.05. The Morgan fingerprint density at radius 1 is 1.47 bits per heavy atom. The molecule has 1 heterocycles. The van der Waals surface area contributed by atoms with E-state index in [1.807, 2.05) is 0 Å². The Hall–Kier alpha value is -2.25. The van der Waals surface area contributed by atoms with Crippen molar-refractivity contribution in [2.24, 2.45) is 7.05 Å². The number of aromatic amines is 1. The largest absolute Gasteiger partial charge is 0.383 e. The molecule has 8 nitrogen and oxygen atoms in total. The first-order valence-corrected chi connectivity index (χ1v) is 6.06. The van der Waals surface area contributed by atoms with Crippen LogP contribution in [0.25, 0.3) is 0 Å². The number of carbonyl (C=O) groups is 1. The Labute approximate surface area is 109 Å². The fraction of sp³-hybridized carbons (Fsp3) is 0.545. The van der Waals surface area contributed by atoms with Crippen LogP contribution in [0.1, 0.15) is 19.8 Å². The molecule has 1 atom stereocenters. The number of hydrogen-bond donors (Lipinski definition) is 4. The molecule has 19 heavy (non-hydrogen) atoms. The van der Waals surface area contributed by atoms with Crippen LogP contribution in [0.4, 0.5) is 11.5 Å². The minimum Gasteiger partial charge on any atom is -0.383 e. The van der Waals surface area contributed by atoms with Crippen LogP contribution < -0.4 is 27.6 Å². The van der Waals surface area contributed by atoms with E-state index in [1.54, 1.807) is 6.92 Å². The van der Waals surface area contributed by atoms with E-state index in [2.05, 4.69) is 15.6 Å². The van der Waals surface area contributed by atoms with Crippen molar-refractivity contribution in [3.05, 3.63) is 20.8 Å². The van der Waals surface area contributed by atoms with Gasteiger partial charge in [-0.1, -0.05) is 0 Å². The zero-order valence-electron chi connectivity index (χ0n) is 10.8. The van der Waals surface area contributed by atoms with Gasteiger partial charge in [0.25, 0.3) is 5.56 Å². The number of amides is 1. The molecule has 0 aliphatic heterocycles. The van der Waals surface area contributed by atoms with Crippen LogP contribution in [-0.4, -0.2) is 27.5 Å². The van der Waals surface area contributed by atoms with Crippen molar-refractivity contribution in [2.75, 3.05) is 11.1 Å². The summed E-state index contributed by atoms with van der Waals surface area (Å²) in [5.74, 6) is -0.199. The lowest BCUT2D eigenvalue weighted by molar-refractivity contribution is -0.121. The highest BCUT2D eigenvalue weighted by atomic mass is 16.2. The van der Waals surface area contributed by atoms with Crippen molar-refractivity contribution in [3.8, 4) is 0 Å². The summed E-state index contributed by atoms with van der Waals surface area (Å²) >= 11 is 0. The van der Waals surface area contributed by atoms with Crippen molar-refractivity contribution < 1.29 is 4.79 Å². The molecule has 1 aliphatic rings. The second-order valence-electron chi connectivity index (χ2n) is 4.73. The first-order valence-electron chi connectivity index (χ1n) is 6.06. The maximum atomic E-state index is 11.8. The molecule has 1 amide bonds. The van der Waals surface area contributed by atoms with Gasteiger partial charge < -0.3 is 16.4 Å². The Morgan fingerprint density at radius 3 is 2.68 bits per heavy atom. The lowest BCUT2D eigenvalue weighted by Crippen LogP contribution is -2.41. The van der Waals surface area contributed by atoms with Gasteiger partial charge in [0.05, 0.1) is 0 Å². The van der Waals surface area contributed by atoms with E-state index in [4.69, 9.17) is 5.73 Å². The maximum Gasteiger partial charge on any atom is 0.329 e. The molecule has 0 saturated heterocycles. The van der Waals surface area contributed by atoms with Crippen LogP contribution in [0.15, 0.2) is 9.59 Å². The topological polar surface area (TPSA) is 122 Å². The van der Waals surface area contributed by atoms with Gasteiger partial charge in [-0.05, 0) is 19.8 Å². The summed E-state index contributed by atoms with van der Waals surface area (Å²) in [5, 5.41) is 5.55. The fourth-order valence-electron chi connectivity index (χ4n) is 1.61. The van der Waals surface area contributed by atoms with Crippen LogP contribution in [-0.2, 0) is 11.8 Å². The monoisotopic (exact) mass is 267 g/mol. The third-order valence-electron chi connectivity index (χ3n) is 3.05. The van der Waals surface area contributed by atoms with E-state index in [1.165, 1.54) is 7.05 Å². The normalized spacial score (nSPS) is 15.9. The Bertz CT molecular complexity index is 614. The van der Waals surface area contributed by atoms with Gasteiger partial charge in [0, 0.05) is 13.1 Å². The SMILES string of the molecule is CC(Nc1c(N)n(C)c(=O)[nH]c1=O)C(=O)NC1CC1. The summed E-state index contributed by atoms with van der Waals surface area (Å²) in [5.41, 5.74) is 4.50. The smallest absolute Gasteiger partial charge is 0.329 e. The van der Waals surface area contributed by atoms with Gasteiger partial charge in [-0.2, -0.15) is 0 Å². The van der Waals surface area contributed by atoms with E-state index in [-0.39, 0.29) is 23.5 Å². The van der Waals surface area contributed by atoms with Gasteiger partial charge in [-0.3, -0.25) is 19.1 Å². The first kappa shape index (κ1) is 13.2. The number of H-pyrrole nitrogens is 1. The lowest BCUT2D eigenvalue weighted by atomic mass is 10.3. The van der Waals surface area contributed by atoms with Crippen LogP contribution in [0, 0.1) is 0 Å². The first-order chi connectivity index (χ1) is 8.90. The van der Waals surface area contributed by atoms with E-state index in [9.17, 15) is 14.4 Å². The standard InChI is InChI=1S/C11H17N5O3/c1-5(9(17)14-6-3-4-6)13-7-8(12)16(2)11(19)15-10(7)18/h5-6,13H,3-4,12H2,1-2H3,(H,14,17)(H,15,18,19). The quantitative estimate of drug-likeness (QED) is 0.542. The molecule has 1 unspecified atom stereocenters. The summed E-state index contributed by atoms with van der Waals surface area (Å²) in [6, 6.07) is -0.367. The minimum absolute atomic E-state index is 0.000165. The summed E-state index contributed by atoms with van der Waals surface area (Å²) in [6.45, 7) is 1.63. The third kappa shape index (κ3) is 2.78. The number of carbonyl (C=O) groups excluding carboxylic acids is 1. The van der Waals surface area contributed by atoms with E-state index >= 15 is 0 Å². The Morgan fingerprint density at radius 2 is 2.11 bits per heavy atom. The van der Waals surface area contributed by atoms with Gasteiger partial charge in [0.2, 0.25) is 5.91 Å². The molecule has 1 aromatic heterocycles. The van der Waals surface area contributed by atoms with Gasteiger partial charge in [0.15, 0.2) is 0 Å². The minimum atomic E-state index is -0.633. The maximum absolute atomic E-state index is 11.8.